The van der Waals surface area contributed by atoms with Gasteiger partial charge in [-0.1, -0.05) is 29.4 Å². The first-order valence-electron chi connectivity index (χ1n) is 5.84. The Hall–Kier alpha value is -1.68. The molecule has 1 heterocycles. The standard InChI is InChI=1S/C13H15N3O/c1-9-4-2-3-5-10(9)8-11-15-12(17-16-11)13(14)6-7-13/h2-5H,6-8,14H2,1H3. The Morgan fingerprint density at radius 2 is 2.12 bits per heavy atom. The number of nitrogens with zero attached hydrogens (tertiary/aromatic N) is 2. The highest BCUT2D eigenvalue weighted by atomic mass is 16.5. The zero-order chi connectivity index (χ0) is 11.9. The summed E-state index contributed by atoms with van der Waals surface area (Å²) in [5, 5.41) is 3.99. The van der Waals surface area contributed by atoms with Gasteiger partial charge in [0.25, 0.3) is 0 Å². The molecule has 4 heteroatoms. The number of hydrogen-bond acceptors (Lipinski definition) is 4. The molecular formula is C13H15N3O. The van der Waals surface area contributed by atoms with E-state index in [0.717, 1.165) is 12.8 Å². The first-order valence-corrected chi connectivity index (χ1v) is 5.84. The maximum atomic E-state index is 6.01. The number of rotatable bonds is 3. The molecule has 0 atom stereocenters. The molecule has 0 amide bonds. The minimum absolute atomic E-state index is 0.336. The van der Waals surface area contributed by atoms with Crippen LogP contribution >= 0.6 is 0 Å². The van der Waals surface area contributed by atoms with Gasteiger partial charge in [0.05, 0.1) is 5.54 Å². The molecule has 17 heavy (non-hydrogen) atoms. The molecule has 0 bridgehead atoms. The quantitative estimate of drug-likeness (QED) is 0.873. The number of nitrogens with two attached hydrogens (primary N) is 1. The molecule has 1 fully saturated rings. The average molecular weight is 229 g/mol. The van der Waals surface area contributed by atoms with Crippen molar-refractivity contribution in [1.82, 2.24) is 10.1 Å². The van der Waals surface area contributed by atoms with E-state index in [0.29, 0.717) is 18.1 Å². The Morgan fingerprint density at radius 3 is 2.82 bits per heavy atom. The minimum atomic E-state index is -0.336. The third kappa shape index (κ3) is 1.96. The van der Waals surface area contributed by atoms with Crippen molar-refractivity contribution in [1.29, 1.82) is 0 Å². The summed E-state index contributed by atoms with van der Waals surface area (Å²) in [6.07, 6.45) is 2.59. The summed E-state index contributed by atoms with van der Waals surface area (Å²) in [7, 11) is 0. The molecule has 4 nitrogen and oxygen atoms in total. The minimum Gasteiger partial charge on any atom is -0.337 e. The summed E-state index contributed by atoms with van der Waals surface area (Å²) in [6.45, 7) is 2.08. The predicted octanol–water partition coefficient (Wildman–Crippen LogP) is 1.92. The van der Waals surface area contributed by atoms with Crippen LogP contribution in [0, 0.1) is 6.92 Å². The van der Waals surface area contributed by atoms with Gasteiger partial charge < -0.3 is 10.3 Å². The Bertz CT molecular complexity index is 543. The van der Waals surface area contributed by atoms with Crippen molar-refractivity contribution in [3.05, 3.63) is 47.1 Å². The number of benzene rings is 1. The van der Waals surface area contributed by atoms with Crippen LogP contribution in [-0.2, 0) is 12.0 Å². The van der Waals surface area contributed by atoms with Gasteiger partial charge in [0, 0.05) is 6.42 Å². The smallest absolute Gasteiger partial charge is 0.246 e. The monoisotopic (exact) mass is 229 g/mol. The van der Waals surface area contributed by atoms with Crippen molar-refractivity contribution in [2.75, 3.05) is 0 Å². The second kappa shape index (κ2) is 3.67. The van der Waals surface area contributed by atoms with Gasteiger partial charge in [0.1, 0.15) is 0 Å². The molecule has 88 valence electrons. The van der Waals surface area contributed by atoms with Gasteiger partial charge in [-0.3, -0.25) is 0 Å². The van der Waals surface area contributed by atoms with Crippen LogP contribution in [-0.4, -0.2) is 10.1 Å². The molecule has 1 aliphatic carbocycles. The van der Waals surface area contributed by atoms with Crippen LogP contribution in [0.15, 0.2) is 28.8 Å². The van der Waals surface area contributed by atoms with Gasteiger partial charge in [-0.2, -0.15) is 4.98 Å². The lowest BCUT2D eigenvalue weighted by molar-refractivity contribution is 0.344. The van der Waals surface area contributed by atoms with E-state index in [1.165, 1.54) is 11.1 Å². The Labute approximate surface area is 99.8 Å². The first-order chi connectivity index (χ1) is 8.17. The highest BCUT2D eigenvalue weighted by Gasteiger charge is 2.45. The molecule has 1 aromatic heterocycles. The van der Waals surface area contributed by atoms with Gasteiger partial charge in [-0.25, -0.2) is 0 Å². The third-order valence-electron chi connectivity index (χ3n) is 3.29. The molecule has 0 saturated heterocycles. The lowest BCUT2D eigenvalue weighted by Crippen LogP contribution is -2.19. The summed E-state index contributed by atoms with van der Waals surface area (Å²) in [5.41, 5.74) is 8.14. The van der Waals surface area contributed by atoms with Crippen LogP contribution < -0.4 is 5.73 Å². The van der Waals surface area contributed by atoms with Crippen molar-refractivity contribution in [2.45, 2.75) is 31.7 Å². The Balaban J connectivity index is 1.82. The topological polar surface area (TPSA) is 64.9 Å². The van der Waals surface area contributed by atoms with E-state index in [4.69, 9.17) is 10.3 Å². The fraction of sp³-hybridized carbons (Fsp3) is 0.385. The van der Waals surface area contributed by atoms with Crippen LogP contribution in [0.25, 0.3) is 0 Å². The van der Waals surface area contributed by atoms with Gasteiger partial charge in [-0.05, 0) is 30.9 Å². The maximum Gasteiger partial charge on any atom is 0.246 e. The van der Waals surface area contributed by atoms with Crippen LogP contribution in [0.5, 0.6) is 0 Å². The highest BCUT2D eigenvalue weighted by Crippen LogP contribution is 2.41. The summed E-state index contributed by atoms with van der Waals surface area (Å²) >= 11 is 0. The number of hydrogen-bond donors (Lipinski definition) is 1. The molecular weight excluding hydrogens is 214 g/mol. The summed E-state index contributed by atoms with van der Waals surface area (Å²) < 4.78 is 5.22. The van der Waals surface area contributed by atoms with Gasteiger partial charge in [0.2, 0.25) is 5.89 Å². The molecule has 0 spiro atoms. The van der Waals surface area contributed by atoms with E-state index >= 15 is 0 Å². The van der Waals surface area contributed by atoms with Crippen LogP contribution in [0.4, 0.5) is 0 Å². The van der Waals surface area contributed by atoms with E-state index in [1.807, 2.05) is 12.1 Å². The second-order valence-electron chi connectivity index (χ2n) is 4.78. The summed E-state index contributed by atoms with van der Waals surface area (Å²) in [6, 6.07) is 8.22. The van der Waals surface area contributed by atoms with E-state index in [-0.39, 0.29) is 5.54 Å². The molecule has 1 saturated carbocycles. The van der Waals surface area contributed by atoms with Gasteiger partial charge >= 0.3 is 0 Å². The molecule has 0 aliphatic heterocycles. The Morgan fingerprint density at radius 1 is 1.35 bits per heavy atom. The van der Waals surface area contributed by atoms with Crippen molar-refractivity contribution in [3.63, 3.8) is 0 Å². The molecule has 2 aromatic rings. The van der Waals surface area contributed by atoms with Gasteiger partial charge in [-0.15, -0.1) is 0 Å². The molecule has 0 unspecified atom stereocenters. The van der Waals surface area contributed by atoms with E-state index in [2.05, 4.69) is 29.2 Å². The fourth-order valence-corrected chi connectivity index (χ4v) is 1.86. The van der Waals surface area contributed by atoms with Crippen LogP contribution in [0.1, 0.15) is 35.7 Å². The second-order valence-corrected chi connectivity index (χ2v) is 4.78. The number of aryl methyl sites for hydroxylation is 1. The summed E-state index contributed by atoms with van der Waals surface area (Å²) in [4.78, 5) is 4.38. The lowest BCUT2D eigenvalue weighted by Gasteiger charge is -2.01. The summed E-state index contributed by atoms with van der Waals surface area (Å²) in [5.74, 6) is 1.30. The Kier molecular flexibility index (Phi) is 2.26. The van der Waals surface area contributed by atoms with E-state index in [1.54, 1.807) is 0 Å². The molecule has 2 N–H and O–H groups in total. The van der Waals surface area contributed by atoms with E-state index < -0.39 is 0 Å². The van der Waals surface area contributed by atoms with Crippen LogP contribution in [0.3, 0.4) is 0 Å². The van der Waals surface area contributed by atoms with Crippen molar-refractivity contribution < 1.29 is 4.52 Å². The third-order valence-corrected chi connectivity index (χ3v) is 3.29. The SMILES string of the molecule is Cc1ccccc1Cc1noc(C2(N)CC2)n1. The van der Waals surface area contributed by atoms with Crippen molar-refractivity contribution >= 4 is 0 Å². The number of aromatic nitrogens is 2. The van der Waals surface area contributed by atoms with Crippen molar-refractivity contribution in [2.24, 2.45) is 5.73 Å². The highest BCUT2D eigenvalue weighted by molar-refractivity contribution is 5.28. The lowest BCUT2D eigenvalue weighted by atomic mass is 10.1. The van der Waals surface area contributed by atoms with Crippen molar-refractivity contribution in [3.8, 4) is 0 Å². The molecule has 0 radical (unpaired) electrons. The molecule has 1 aliphatic rings. The largest absolute Gasteiger partial charge is 0.337 e. The maximum absolute atomic E-state index is 6.01. The zero-order valence-corrected chi connectivity index (χ0v) is 9.81. The fourth-order valence-electron chi connectivity index (χ4n) is 1.86. The molecule has 3 rings (SSSR count). The normalized spacial score (nSPS) is 17.1. The van der Waals surface area contributed by atoms with Crippen LogP contribution in [0.2, 0.25) is 0 Å². The first kappa shape index (κ1) is 10.5. The zero-order valence-electron chi connectivity index (χ0n) is 9.81. The van der Waals surface area contributed by atoms with Gasteiger partial charge in [0.15, 0.2) is 5.82 Å². The molecule has 1 aromatic carbocycles. The predicted molar refractivity (Wildman–Crippen MR) is 63.4 cm³/mol. The average Bonchev–Trinajstić information content (AvgIpc) is 2.90. The van der Waals surface area contributed by atoms with E-state index in [9.17, 15) is 0 Å².